The van der Waals surface area contributed by atoms with Gasteiger partial charge in [-0.05, 0) is 56.9 Å². The molecule has 1 aromatic carbocycles. The Hall–Kier alpha value is -0.860. The van der Waals surface area contributed by atoms with Crippen LogP contribution in [0.3, 0.4) is 0 Å². The van der Waals surface area contributed by atoms with Crippen molar-refractivity contribution in [2.45, 2.75) is 77.9 Å². The van der Waals surface area contributed by atoms with Crippen LogP contribution in [0.1, 0.15) is 70.8 Å². The van der Waals surface area contributed by atoms with Crippen LogP contribution >= 0.6 is 0 Å². The molecule has 0 aromatic heterocycles. The molecule has 2 rings (SSSR count). The summed E-state index contributed by atoms with van der Waals surface area (Å²) in [6.45, 7) is 5.65. The number of hydrogen-bond donors (Lipinski definition) is 0. The van der Waals surface area contributed by atoms with Gasteiger partial charge in [0.05, 0.1) is 6.61 Å². The van der Waals surface area contributed by atoms with Gasteiger partial charge in [0, 0.05) is 6.61 Å². The Bertz CT molecular complexity index is 409. The lowest BCUT2D eigenvalue weighted by Crippen LogP contribution is -2.32. The fourth-order valence-corrected chi connectivity index (χ4v) is 3.82. The summed E-state index contributed by atoms with van der Waals surface area (Å²) >= 11 is 0. The van der Waals surface area contributed by atoms with E-state index < -0.39 is 0 Å². The van der Waals surface area contributed by atoms with Gasteiger partial charge in [0.1, 0.15) is 0 Å². The summed E-state index contributed by atoms with van der Waals surface area (Å²) < 4.78 is 11.6. The van der Waals surface area contributed by atoms with E-state index in [0.29, 0.717) is 5.41 Å². The largest absolute Gasteiger partial charge is 0.353 e. The number of ether oxygens (including phenoxy) is 2. The van der Waals surface area contributed by atoms with Crippen LogP contribution in [0.25, 0.3) is 0 Å². The van der Waals surface area contributed by atoms with Gasteiger partial charge in [-0.3, -0.25) is 0 Å². The molecular formula is C21H34O2. The third-order valence-electron chi connectivity index (χ3n) is 5.21. The van der Waals surface area contributed by atoms with Gasteiger partial charge in [0.2, 0.25) is 0 Å². The van der Waals surface area contributed by atoms with Gasteiger partial charge in [-0.15, -0.1) is 0 Å². The standard InChI is InChI=1S/C21H34O2/c1-3-22-19(2)23-18-21(15-9-5-10-16-21)17-11-8-14-20-12-6-4-7-13-20/h4,6-7,12-13,19H,3,5,8-11,14-18H2,1-2H3. The fourth-order valence-electron chi connectivity index (χ4n) is 3.82. The summed E-state index contributed by atoms with van der Waals surface area (Å²) in [6.07, 6.45) is 11.8. The second-order valence-corrected chi connectivity index (χ2v) is 7.09. The average molecular weight is 319 g/mol. The van der Waals surface area contributed by atoms with Gasteiger partial charge in [-0.25, -0.2) is 0 Å². The normalized spacial score (nSPS) is 18.7. The molecule has 1 saturated carbocycles. The topological polar surface area (TPSA) is 18.5 Å². The van der Waals surface area contributed by atoms with Crippen LogP contribution in [0.5, 0.6) is 0 Å². The van der Waals surface area contributed by atoms with Gasteiger partial charge >= 0.3 is 0 Å². The van der Waals surface area contributed by atoms with Crippen LogP contribution in [-0.2, 0) is 15.9 Å². The lowest BCUT2D eigenvalue weighted by molar-refractivity contribution is -0.153. The summed E-state index contributed by atoms with van der Waals surface area (Å²) in [5, 5.41) is 0. The summed E-state index contributed by atoms with van der Waals surface area (Å²) in [6, 6.07) is 10.9. The number of benzene rings is 1. The molecule has 1 aliphatic carbocycles. The van der Waals surface area contributed by atoms with E-state index in [1.54, 1.807) is 0 Å². The van der Waals surface area contributed by atoms with Crippen molar-refractivity contribution >= 4 is 0 Å². The van der Waals surface area contributed by atoms with E-state index in [2.05, 4.69) is 30.3 Å². The van der Waals surface area contributed by atoms with Crippen molar-refractivity contribution in [1.82, 2.24) is 0 Å². The lowest BCUT2D eigenvalue weighted by atomic mass is 9.71. The third-order valence-corrected chi connectivity index (χ3v) is 5.21. The molecule has 2 nitrogen and oxygen atoms in total. The molecule has 1 unspecified atom stereocenters. The number of aryl methyl sites for hydroxylation is 1. The van der Waals surface area contributed by atoms with E-state index in [-0.39, 0.29) is 6.29 Å². The van der Waals surface area contributed by atoms with E-state index in [1.165, 1.54) is 63.4 Å². The fraction of sp³-hybridized carbons (Fsp3) is 0.714. The van der Waals surface area contributed by atoms with Crippen molar-refractivity contribution in [3.63, 3.8) is 0 Å². The molecule has 1 aliphatic rings. The van der Waals surface area contributed by atoms with E-state index in [4.69, 9.17) is 9.47 Å². The monoisotopic (exact) mass is 318 g/mol. The van der Waals surface area contributed by atoms with Crippen LogP contribution in [0.15, 0.2) is 30.3 Å². The summed E-state index contributed by atoms with van der Waals surface area (Å²) in [5.74, 6) is 0. The van der Waals surface area contributed by atoms with Gasteiger partial charge in [-0.2, -0.15) is 0 Å². The zero-order chi connectivity index (χ0) is 16.4. The zero-order valence-electron chi connectivity index (χ0n) is 15.1. The van der Waals surface area contributed by atoms with Crippen molar-refractivity contribution < 1.29 is 9.47 Å². The van der Waals surface area contributed by atoms with Gasteiger partial charge in [0.25, 0.3) is 0 Å². The Balaban J connectivity index is 1.76. The molecule has 0 bridgehead atoms. The van der Waals surface area contributed by atoms with Gasteiger partial charge in [0.15, 0.2) is 6.29 Å². The first-order valence-corrected chi connectivity index (χ1v) is 9.51. The van der Waals surface area contributed by atoms with Crippen molar-refractivity contribution in [2.75, 3.05) is 13.2 Å². The van der Waals surface area contributed by atoms with Crippen LogP contribution in [0, 0.1) is 5.41 Å². The van der Waals surface area contributed by atoms with Crippen LogP contribution < -0.4 is 0 Å². The molecule has 1 atom stereocenters. The maximum Gasteiger partial charge on any atom is 0.154 e. The van der Waals surface area contributed by atoms with Crippen molar-refractivity contribution in [2.24, 2.45) is 5.41 Å². The van der Waals surface area contributed by atoms with Crippen LogP contribution in [0.2, 0.25) is 0 Å². The molecule has 130 valence electrons. The van der Waals surface area contributed by atoms with E-state index in [1.807, 2.05) is 13.8 Å². The lowest BCUT2D eigenvalue weighted by Gasteiger charge is -2.38. The highest BCUT2D eigenvalue weighted by Gasteiger charge is 2.32. The molecule has 23 heavy (non-hydrogen) atoms. The second-order valence-electron chi connectivity index (χ2n) is 7.09. The maximum absolute atomic E-state index is 6.02. The first kappa shape index (κ1) is 18.5. The van der Waals surface area contributed by atoms with Crippen LogP contribution in [-0.4, -0.2) is 19.5 Å². The number of rotatable bonds is 10. The minimum absolute atomic E-state index is 0.0666. The third kappa shape index (κ3) is 6.64. The highest BCUT2D eigenvalue weighted by Crippen LogP contribution is 2.41. The predicted octanol–water partition coefficient (Wildman–Crippen LogP) is 5.75. The first-order valence-electron chi connectivity index (χ1n) is 9.51. The first-order chi connectivity index (χ1) is 11.2. The molecule has 0 aliphatic heterocycles. The Labute approximate surface area is 142 Å². The van der Waals surface area contributed by atoms with Crippen molar-refractivity contribution in [3.8, 4) is 0 Å². The molecule has 0 N–H and O–H groups in total. The molecule has 2 heteroatoms. The highest BCUT2D eigenvalue weighted by atomic mass is 16.7. The zero-order valence-corrected chi connectivity index (χ0v) is 15.1. The second kappa shape index (κ2) is 10.1. The molecule has 0 spiro atoms. The summed E-state index contributed by atoms with van der Waals surface area (Å²) in [4.78, 5) is 0. The number of unbranched alkanes of at least 4 members (excludes halogenated alkanes) is 1. The molecule has 0 saturated heterocycles. The van der Waals surface area contributed by atoms with Gasteiger partial charge < -0.3 is 9.47 Å². The molecular weight excluding hydrogens is 284 g/mol. The highest BCUT2D eigenvalue weighted by molar-refractivity contribution is 5.14. The van der Waals surface area contributed by atoms with Gasteiger partial charge in [-0.1, -0.05) is 56.0 Å². The quantitative estimate of drug-likeness (QED) is 0.404. The Morgan fingerprint density at radius 3 is 2.43 bits per heavy atom. The van der Waals surface area contributed by atoms with Crippen molar-refractivity contribution in [1.29, 1.82) is 0 Å². The SMILES string of the molecule is CCOC(C)OCC1(CCCCc2ccccc2)CCCCC1. The Morgan fingerprint density at radius 2 is 1.74 bits per heavy atom. The van der Waals surface area contributed by atoms with E-state index in [0.717, 1.165) is 13.2 Å². The van der Waals surface area contributed by atoms with E-state index in [9.17, 15) is 0 Å². The van der Waals surface area contributed by atoms with Crippen molar-refractivity contribution in [3.05, 3.63) is 35.9 Å². The summed E-state index contributed by atoms with van der Waals surface area (Å²) in [7, 11) is 0. The van der Waals surface area contributed by atoms with Crippen LogP contribution in [0.4, 0.5) is 0 Å². The summed E-state index contributed by atoms with van der Waals surface area (Å²) in [5.41, 5.74) is 1.87. The number of hydrogen-bond acceptors (Lipinski definition) is 2. The predicted molar refractivity (Wildman–Crippen MR) is 96.6 cm³/mol. The molecule has 0 radical (unpaired) electrons. The smallest absolute Gasteiger partial charge is 0.154 e. The molecule has 1 aromatic rings. The Kier molecular flexibility index (Phi) is 8.11. The molecule has 0 amide bonds. The minimum Gasteiger partial charge on any atom is -0.353 e. The molecule has 0 heterocycles. The maximum atomic E-state index is 6.02. The Morgan fingerprint density at radius 1 is 1.00 bits per heavy atom. The minimum atomic E-state index is -0.0666. The van der Waals surface area contributed by atoms with E-state index >= 15 is 0 Å². The molecule has 1 fully saturated rings. The average Bonchev–Trinajstić information content (AvgIpc) is 2.59.